The van der Waals surface area contributed by atoms with E-state index in [1.54, 1.807) is 19.2 Å². The topological polar surface area (TPSA) is 47.3 Å². The molecule has 0 spiro atoms. The van der Waals surface area contributed by atoms with Gasteiger partial charge in [0.2, 0.25) is 0 Å². The average molecular weight is 252 g/mol. The second-order valence-corrected chi connectivity index (χ2v) is 3.40. The summed E-state index contributed by atoms with van der Waals surface area (Å²) in [6.07, 6.45) is 0. The first kappa shape index (κ1) is 9.64. The lowest BCUT2D eigenvalue weighted by Crippen LogP contribution is -2.08. The van der Waals surface area contributed by atoms with E-state index in [1.807, 2.05) is 0 Å². The third kappa shape index (κ3) is 1.83. The SMILES string of the molecule is COc1c(Br)cc(Cl)cc1NN. The molecule has 0 bridgehead atoms. The van der Waals surface area contributed by atoms with Gasteiger partial charge in [0, 0.05) is 5.02 Å². The van der Waals surface area contributed by atoms with Crippen molar-refractivity contribution in [1.82, 2.24) is 0 Å². The van der Waals surface area contributed by atoms with Crippen LogP contribution in [-0.2, 0) is 0 Å². The van der Waals surface area contributed by atoms with Gasteiger partial charge in [-0.25, -0.2) is 0 Å². The van der Waals surface area contributed by atoms with E-state index in [2.05, 4.69) is 21.4 Å². The van der Waals surface area contributed by atoms with E-state index in [-0.39, 0.29) is 0 Å². The highest BCUT2D eigenvalue weighted by Crippen LogP contribution is 2.35. The summed E-state index contributed by atoms with van der Waals surface area (Å²) < 4.78 is 5.84. The summed E-state index contributed by atoms with van der Waals surface area (Å²) in [6.45, 7) is 0. The maximum atomic E-state index is 5.78. The summed E-state index contributed by atoms with van der Waals surface area (Å²) in [7, 11) is 1.56. The molecule has 0 saturated carbocycles. The molecule has 0 heterocycles. The molecule has 66 valence electrons. The molecule has 0 unspecified atom stereocenters. The molecule has 0 atom stereocenters. The van der Waals surface area contributed by atoms with Crippen LogP contribution < -0.4 is 16.0 Å². The molecule has 0 fully saturated rings. The second-order valence-electron chi connectivity index (χ2n) is 2.11. The fourth-order valence-electron chi connectivity index (χ4n) is 0.875. The van der Waals surface area contributed by atoms with Crippen molar-refractivity contribution in [3.8, 4) is 5.75 Å². The molecule has 1 rings (SSSR count). The van der Waals surface area contributed by atoms with Crippen molar-refractivity contribution in [2.24, 2.45) is 5.84 Å². The minimum atomic E-state index is 0.593. The first-order valence-electron chi connectivity index (χ1n) is 3.18. The van der Waals surface area contributed by atoms with Crippen molar-refractivity contribution < 1.29 is 4.74 Å². The van der Waals surface area contributed by atoms with E-state index in [1.165, 1.54) is 0 Å². The average Bonchev–Trinajstić information content (AvgIpc) is 2.03. The minimum Gasteiger partial charge on any atom is -0.493 e. The number of nitrogens with one attached hydrogen (secondary N) is 1. The summed E-state index contributed by atoms with van der Waals surface area (Å²) in [5.41, 5.74) is 3.14. The van der Waals surface area contributed by atoms with E-state index in [0.29, 0.717) is 16.5 Å². The number of methoxy groups -OCH3 is 1. The highest BCUT2D eigenvalue weighted by atomic mass is 79.9. The molecule has 3 N–H and O–H groups in total. The molecule has 0 aromatic heterocycles. The van der Waals surface area contributed by atoms with Gasteiger partial charge in [-0.05, 0) is 28.1 Å². The van der Waals surface area contributed by atoms with Crippen LogP contribution in [-0.4, -0.2) is 7.11 Å². The number of benzene rings is 1. The standard InChI is InChI=1S/C7H8BrClN2O/c1-12-7-5(8)2-4(9)3-6(7)11-10/h2-3,11H,10H2,1H3. The molecule has 1 aromatic carbocycles. The van der Waals surface area contributed by atoms with Crippen molar-refractivity contribution in [1.29, 1.82) is 0 Å². The Morgan fingerprint density at radius 2 is 2.25 bits per heavy atom. The summed E-state index contributed by atoms with van der Waals surface area (Å²) in [5.74, 6) is 5.90. The largest absolute Gasteiger partial charge is 0.493 e. The molecule has 0 amide bonds. The van der Waals surface area contributed by atoms with E-state index in [9.17, 15) is 0 Å². The Labute approximate surface area is 83.9 Å². The van der Waals surface area contributed by atoms with Gasteiger partial charge >= 0.3 is 0 Å². The van der Waals surface area contributed by atoms with Crippen molar-refractivity contribution >= 4 is 33.2 Å². The van der Waals surface area contributed by atoms with Crippen LogP contribution in [0.15, 0.2) is 16.6 Å². The van der Waals surface area contributed by atoms with Gasteiger partial charge in [-0.3, -0.25) is 5.84 Å². The van der Waals surface area contributed by atoms with Gasteiger partial charge in [-0.2, -0.15) is 0 Å². The highest BCUT2D eigenvalue weighted by Gasteiger charge is 2.07. The summed E-state index contributed by atoms with van der Waals surface area (Å²) >= 11 is 9.07. The Bertz CT molecular complexity index is 293. The lowest BCUT2D eigenvalue weighted by Gasteiger charge is -2.09. The maximum absolute atomic E-state index is 5.78. The van der Waals surface area contributed by atoms with Crippen LogP contribution in [0.1, 0.15) is 0 Å². The van der Waals surface area contributed by atoms with Gasteiger partial charge in [0.05, 0.1) is 17.3 Å². The van der Waals surface area contributed by atoms with Crippen molar-refractivity contribution in [3.05, 3.63) is 21.6 Å². The third-order valence-electron chi connectivity index (χ3n) is 1.37. The van der Waals surface area contributed by atoms with Crippen molar-refractivity contribution in [2.45, 2.75) is 0 Å². The summed E-state index contributed by atoms with van der Waals surface area (Å²) in [5, 5.41) is 0.593. The first-order chi connectivity index (χ1) is 5.69. The minimum absolute atomic E-state index is 0.593. The Hall–Kier alpha value is -0.450. The number of hydrazine groups is 1. The Balaban J connectivity index is 3.24. The normalized spacial score (nSPS) is 9.67. The molecule has 12 heavy (non-hydrogen) atoms. The van der Waals surface area contributed by atoms with Crippen molar-refractivity contribution in [2.75, 3.05) is 12.5 Å². The quantitative estimate of drug-likeness (QED) is 0.627. The number of nitrogen functional groups attached to an aromatic ring is 1. The monoisotopic (exact) mass is 250 g/mol. The number of rotatable bonds is 2. The lowest BCUT2D eigenvalue weighted by molar-refractivity contribution is 0.414. The number of nitrogens with two attached hydrogens (primary N) is 1. The fraction of sp³-hybridized carbons (Fsp3) is 0.143. The Kier molecular flexibility index (Phi) is 3.20. The lowest BCUT2D eigenvalue weighted by atomic mass is 10.3. The van der Waals surface area contributed by atoms with Crippen LogP contribution in [0, 0.1) is 0 Å². The van der Waals surface area contributed by atoms with E-state index in [0.717, 1.165) is 4.47 Å². The third-order valence-corrected chi connectivity index (χ3v) is 2.18. The predicted molar refractivity (Wildman–Crippen MR) is 53.5 cm³/mol. The first-order valence-corrected chi connectivity index (χ1v) is 4.35. The van der Waals surface area contributed by atoms with Crippen LogP contribution in [0.5, 0.6) is 5.75 Å². The molecule has 5 heteroatoms. The highest BCUT2D eigenvalue weighted by molar-refractivity contribution is 9.10. The van der Waals surface area contributed by atoms with Gasteiger partial charge in [-0.15, -0.1) is 0 Å². The van der Waals surface area contributed by atoms with Gasteiger partial charge in [0.15, 0.2) is 5.75 Å². The van der Waals surface area contributed by atoms with Crippen LogP contribution in [0.3, 0.4) is 0 Å². The molecule has 0 radical (unpaired) electrons. The number of anilines is 1. The molecule has 0 aliphatic heterocycles. The molecular formula is C7H8BrClN2O. The fourth-order valence-corrected chi connectivity index (χ4v) is 1.85. The smallest absolute Gasteiger partial charge is 0.157 e. The van der Waals surface area contributed by atoms with E-state index in [4.69, 9.17) is 22.2 Å². The number of halogens is 2. The summed E-state index contributed by atoms with van der Waals surface area (Å²) in [6, 6.07) is 3.42. The number of ether oxygens (including phenoxy) is 1. The zero-order chi connectivity index (χ0) is 9.14. The van der Waals surface area contributed by atoms with Gasteiger partial charge in [-0.1, -0.05) is 11.6 Å². The van der Waals surface area contributed by atoms with Crippen LogP contribution >= 0.6 is 27.5 Å². The van der Waals surface area contributed by atoms with Gasteiger partial charge in [0.25, 0.3) is 0 Å². The number of hydrogen-bond acceptors (Lipinski definition) is 3. The maximum Gasteiger partial charge on any atom is 0.157 e. The zero-order valence-electron chi connectivity index (χ0n) is 6.40. The van der Waals surface area contributed by atoms with Crippen LogP contribution in [0.25, 0.3) is 0 Å². The Morgan fingerprint density at radius 3 is 2.75 bits per heavy atom. The van der Waals surface area contributed by atoms with Crippen molar-refractivity contribution in [3.63, 3.8) is 0 Å². The van der Waals surface area contributed by atoms with E-state index < -0.39 is 0 Å². The molecule has 0 saturated heterocycles. The summed E-state index contributed by atoms with van der Waals surface area (Å²) in [4.78, 5) is 0. The van der Waals surface area contributed by atoms with Gasteiger partial charge in [0.1, 0.15) is 0 Å². The molecule has 1 aromatic rings. The molecule has 3 nitrogen and oxygen atoms in total. The Morgan fingerprint density at radius 1 is 1.58 bits per heavy atom. The zero-order valence-corrected chi connectivity index (χ0v) is 8.74. The molecular weight excluding hydrogens is 243 g/mol. The molecule has 0 aliphatic carbocycles. The number of hydrogen-bond donors (Lipinski definition) is 2. The molecule has 0 aliphatic rings. The predicted octanol–water partition coefficient (Wildman–Crippen LogP) is 2.40. The van der Waals surface area contributed by atoms with Gasteiger partial charge < -0.3 is 10.2 Å². The second kappa shape index (κ2) is 3.98. The van der Waals surface area contributed by atoms with Crippen LogP contribution in [0.2, 0.25) is 5.02 Å². The van der Waals surface area contributed by atoms with E-state index >= 15 is 0 Å². The van der Waals surface area contributed by atoms with Crippen LogP contribution in [0.4, 0.5) is 5.69 Å².